The molecule has 1 aliphatic carbocycles. The molecule has 2 unspecified atom stereocenters. The van der Waals surface area contributed by atoms with E-state index < -0.39 is 5.82 Å². The molecule has 18 heavy (non-hydrogen) atoms. The maximum atomic E-state index is 13.2. The van der Waals surface area contributed by atoms with Gasteiger partial charge >= 0.3 is 0 Å². The zero-order valence-electron chi connectivity index (χ0n) is 10.2. The highest BCUT2D eigenvalue weighted by molar-refractivity contribution is 5.49. The summed E-state index contributed by atoms with van der Waals surface area (Å²) in [6.45, 7) is 0.714. The number of hydrogen-bond acceptors (Lipinski definition) is 3. The van der Waals surface area contributed by atoms with Gasteiger partial charge in [0, 0.05) is 12.2 Å². The van der Waals surface area contributed by atoms with Crippen LogP contribution >= 0.6 is 0 Å². The van der Waals surface area contributed by atoms with E-state index in [1.165, 1.54) is 12.1 Å². The second-order valence-corrected chi connectivity index (χ2v) is 4.91. The van der Waals surface area contributed by atoms with Gasteiger partial charge in [0.2, 0.25) is 0 Å². The Kier molecular flexibility index (Phi) is 4.16. The van der Waals surface area contributed by atoms with Crippen LogP contribution in [0.2, 0.25) is 0 Å². The van der Waals surface area contributed by atoms with Crippen molar-refractivity contribution in [2.24, 2.45) is 5.92 Å². The van der Waals surface area contributed by atoms with Gasteiger partial charge in [0.25, 0.3) is 0 Å². The number of aliphatic hydroxyl groups excluding tert-OH is 1. The first-order chi connectivity index (χ1) is 8.67. The van der Waals surface area contributed by atoms with Crippen LogP contribution in [0.15, 0.2) is 18.2 Å². The third kappa shape index (κ3) is 3.44. The molecular formula is C14H17FN2O. The number of halogens is 1. The Morgan fingerprint density at radius 3 is 2.94 bits per heavy atom. The third-order valence-electron chi connectivity index (χ3n) is 3.38. The van der Waals surface area contributed by atoms with Crippen molar-refractivity contribution in [1.29, 1.82) is 5.26 Å². The van der Waals surface area contributed by atoms with E-state index in [2.05, 4.69) is 5.32 Å². The fourth-order valence-corrected chi connectivity index (χ4v) is 2.47. The Hall–Kier alpha value is -1.60. The SMILES string of the molecule is N#Cc1cc(F)cc(NCC2CCCC(O)C2)c1. The largest absolute Gasteiger partial charge is 0.393 e. The number of nitriles is 1. The third-order valence-corrected chi connectivity index (χ3v) is 3.38. The zero-order valence-corrected chi connectivity index (χ0v) is 10.2. The van der Waals surface area contributed by atoms with Crippen molar-refractivity contribution >= 4 is 5.69 Å². The molecule has 1 fully saturated rings. The number of benzene rings is 1. The van der Waals surface area contributed by atoms with E-state index in [9.17, 15) is 9.50 Å². The van der Waals surface area contributed by atoms with E-state index in [0.29, 0.717) is 23.7 Å². The summed E-state index contributed by atoms with van der Waals surface area (Å²) in [6.07, 6.45) is 3.61. The first-order valence-electron chi connectivity index (χ1n) is 6.30. The Balaban J connectivity index is 1.93. The fraction of sp³-hybridized carbons (Fsp3) is 0.500. The molecule has 4 heteroatoms. The summed E-state index contributed by atoms with van der Waals surface area (Å²) in [5, 5.41) is 21.5. The maximum absolute atomic E-state index is 13.2. The summed E-state index contributed by atoms with van der Waals surface area (Å²) in [7, 11) is 0. The summed E-state index contributed by atoms with van der Waals surface area (Å²) in [5.41, 5.74) is 0.952. The average Bonchev–Trinajstić information content (AvgIpc) is 2.36. The van der Waals surface area contributed by atoms with E-state index in [1.807, 2.05) is 6.07 Å². The van der Waals surface area contributed by atoms with Gasteiger partial charge in [0.15, 0.2) is 0 Å². The minimum atomic E-state index is -0.403. The Morgan fingerprint density at radius 1 is 1.39 bits per heavy atom. The van der Waals surface area contributed by atoms with Crippen LogP contribution in [-0.2, 0) is 0 Å². The van der Waals surface area contributed by atoms with Crippen LogP contribution in [0.4, 0.5) is 10.1 Å². The van der Waals surface area contributed by atoms with E-state index in [1.54, 1.807) is 6.07 Å². The summed E-state index contributed by atoms with van der Waals surface area (Å²) >= 11 is 0. The molecule has 0 bridgehead atoms. The van der Waals surface area contributed by atoms with E-state index >= 15 is 0 Å². The Labute approximate surface area is 106 Å². The van der Waals surface area contributed by atoms with Crippen LogP contribution in [0.25, 0.3) is 0 Å². The first kappa shape index (κ1) is 12.8. The van der Waals surface area contributed by atoms with Crippen LogP contribution in [0.1, 0.15) is 31.2 Å². The van der Waals surface area contributed by atoms with Crippen molar-refractivity contribution in [2.45, 2.75) is 31.8 Å². The van der Waals surface area contributed by atoms with Gasteiger partial charge in [-0.1, -0.05) is 6.42 Å². The fourth-order valence-electron chi connectivity index (χ4n) is 2.47. The molecule has 1 aromatic carbocycles. The van der Waals surface area contributed by atoms with Crippen molar-refractivity contribution in [3.05, 3.63) is 29.6 Å². The highest BCUT2D eigenvalue weighted by Crippen LogP contribution is 2.24. The molecule has 96 valence electrons. The Bertz CT molecular complexity index is 456. The van der Waals surface area contributed by atoms with Gasteiger partial charge in [-0.25, -0.2) is 4.39 Å². The molecule has 1 saturated carbocycles. The minimum Gasteiger partial charge on any atom is -0.393 e. The van der Waals surface area contributed by atoms with Gasteiger partial charge < -0.3 is 10.4 Å². The normalized spacial score (nSPS) is 23.4. The van der Waals surface area contributed by atoms with Gasteiger partial charge in [-0.05, 0) is 43.4 Å². The standard InChI is InChI=1S/C14H17FN2O/c15-12-4-11(8-16)5-13(7-12)17-9-10-2-1-3-14(18)6-10/h4-5,7,10,14,17-18H,1-3,6,9H2. The molecule has 1 aliphatic rings. The molecular weight excluding hydrogens is 231 g/mol. The highest BCUT2D eigenvalue weighted by Gasteiger charge is 2.19. The summed E-state index contributed by atoms with van der Waals surface area (Å²) in [6, 6.07) is 6.18. The zero-order chi connectivity index (χ0) is 13.0. The summed E-state index contributed by atoms with van der Waals surface area (Å²) in [4.78, 5) is 0. The first-order valence-corrected chi connectivity index (χ1v) is 6.30. The molecule has 0 spiro atoms. The predicted octanol–water partition coefficient (Wildman–Crippen LogP) is 2.66. The van der Waals surface area contributed by atoms with Crippen LogP contribution in [0.5, 0.6) is 0 Å². The van der Waals surface area contributed by atoms with Crippen molar-refractivity contribution in [1.82, 2.24) is 0 Å². The molecule has 0 saturated heterocycles. The maximum Gasteiger partial charge on any atom is 0.126 e. The van der Waals surface area contributed by atoms with Gasteiger partial charge in [-0.15, -0.1) is 0 Å². The topological polar surface area (TPSA) is 56.0 Å². The second-order valence-electron chi connectivity index (χ2n) is 4.91. The van der Waals surface area contributed by atoms with Crippen LogP contribution in [0.3, 0.4) is 0 Å². The van der Waals surface area contributed by atoms with Crippen molar-refractivity contribution in [3.8, 4) is 6.07 Å². The molecule has 1 aromatic rings. The number of nitrogens with zero attached hydrogens (tertiary/aromatic N) is 1. The molecule has 2 atom stereocenters. The predicted molar refractivity (Wildman–Crippen MR) is 67.6 cm³/mol. The molecule has 0 heterocycles. The Morgan fingerprint density at radius 2 is 2.22 bits per heavy atom. The summed E-state index contributed by atoms with van der Waals surface area (Å²) < 4.78 is 13.2. The monoisotopic (exact) mass is 248 g/mol. The van der Waals surface area contributed by atoms with Crippen molar-refractivity contribution in [2.75, 3.05) is 11.9 Å². The van der Waals surface area contributed by atoms with E-state index in [4.69, 9.17) is 5.26 Å². The molecule has 3 nitrogen and oxygen atoms in total. The van der Waals surface area contributed by atoms with Crippen LogP contribution in [0, 0.1) is 23.1 Å². The van der Waals surface area contributed by atoms with Crippen LogP contribution in [-0.4, -0.2) is 17.8 Å². The van der Waals surface area contributed by atoms with E-state index in [0.717, 1.165) is 25.7 Å². The van der Waals surface area contributed by atoms with Gasteiger partial charge in [0.1, 0.15) is 5.82 Å². The molecule has 2 rings (SSSR count). The number of rotatable bonds is 3. The van der Waals surface area contributed by atoms with Crippen LogP contribution < -0.4 is 5.32 Å². The summed E-state index contributed by atoms with van der Waals surface area (Å²) in [5.74, 6) is 0.0165. The van der Waals surface area contributed by atoms with Crippen molar-refractivity contribution in [3.63, 3.8) is 0 Å². The van der Waals surface area contributed by atoms with Gasteiger partial charge in [0.05, 0.1) is 17.7 Å². The molecule has 0 amide bonds. The molecule has 2 N–H and O–H groups in total. The highest BCUT2D eigenvalue weighted by atomic mass is 19.1. The second kappa shape index (κ2) is 5.83. The smallest absolute Gasteiger partial charge is 0.126 e. The lowest BCUT2D eigenvalue weighted by Gasteiger charge is -2.26. The van der Waals surface area contributed by atoms with E-state index in [-0.39, 0.29) is 6.10 Å². The molecule has 0 aliphatic heterocycles. The number of hydrogen-bond donors (Lipinski definition) is 2. The number of anilines is 1. The quantitative estimate of drug-likeness (QED) is 0.864. The lowest BCUT2D eigenvalue weighted by molar-refractivity contribution is 0.105. The van der Waals surface area contributed by atoms with Gasteiger partial charge in [-0.3, -0.25) is 0 Å². The lowest BCUT2D eigenvalue weighted by atomic mass is 9.87. The molecule has 0 aromatic heterocycles. The van der Waals surface area contributed by atoms with Crippen molar-refractivity contribution < 1.29 is 9.50 Å². The molecule has 0 radical (unpaired) electrons. The number of aliphatic hydroxyl groups is 1. The number of nitrogens with one attached hydrogen (secondary N) is 1. The minimum absolute atomic E-state index is 0.201. The average molecular weight is 248 g/mol. The van der Waals surface area contributed by atoms with Gasteiger partial charge in [-0.2, -0.15) is 5.26 Å². The lowest BCUT2D eigenvalue weighted by Crippen LogP contribution is -2.25.